The van der Waals surface area contributed by atoms with E-state index in [0.717, 1.165) is 66.5 Å². The Hall–Kier alpha value is -3.48. The topological polar surface area (TPSA) is 68.8 Å². The lowest BCUT2D eigenvalue weighted by atomic mass is 10.1. The summed E-state index contributed by atoms with van der Waals surface area (Å²) in [5, 5.41) is 0. The zero-order chi connectivity index (χ0) is 22.1. The van der Waals surface area contributed by atoms with Crippen LogP contribution in [-0.2, 0) is 11.3 Å². The highest BCUT2D eigenvalue weighted by molar-refractivity contribution is 5.77. The average molecular weight is 429 g/mol. The number of likely N-dealkylation sites (tertiary alicyclic amines) is 1. The lowest BCUT2D eigenvalue weighted by Crippen LogP contribution is -2.31. The van der Waals surface area contributed by atoms with Gasteiger partial charge in [0.2, 0.25) is 5.91 Å². The van der Waals surface area contributed by atoms with Crippen LogP contribution in [0.25, 0.3) is 16.9 Å². The van der Waals surface area contributed by atoms with Crippen molar-refractivity contribution in [1.82, 2.24) is 29.0 Å². The second-order valence-electron chi connectivity index (χ2n) is 8.41. The Morgan fingerprint density at radius 3 is 2.78 bits per heavy atom. The number of hydrogen-bond acceptors (Lipinski definition) is 4. The Morgan fingerprint density at radius 1 is 1.06 bits per heavy atom. The van der Waals surface area contributed by atoms with E-state index in [1.807, 2.05) is 65.9 Å². The highest BCUT2D eigenvalue weighted by Gasteiger charge is 2.30. The molecule has 1 aliphatic rings. The van der Waals surface area contributed by atoms with Gasteiger partial charge in [0.1, 0.15) is 17.5 Å². The number of nitrogens with zero attached hydrogens (tertiary/aromatic N) is 6. The first-order chi connectivity index (χ1) is 15.6. The van der Waals surface area contributed by atoms with Gasteiger partial charge in [-0.1, -0.05) is 18.2 Å². The fourth-order valence-corrected chi connectivity index (χ4v) is 4.76. The molecule has 32 heavy (non-hydrogen) atoms. The van der Waals surface area contributed by atoms with Gasteiger partial charge in [-0.2, -0.15) is 0 Å². The lowest BCUT2D eigenvalue weighted by molar-refractivity contribution is -0.132. The van der Waals surface area contributed by atoms with Crippen LogP contribution in [0.5, 0.6) is 0 Å². The van der Waals surface area contributed by atoms with Crippen molar-refractivity contribution in [2.45, 2.75) is 52.1 Å². The van der Waals surface area contributed by atoms with Crippen molar-refractivity contribution in [3.8, 4) is 5.82 Å². The van der Waals surface area contributed by atoms with E-state index >= 15 is 0 Å². The number of aryl methyl sites for hydroxylation is 3. The molecule has 0 radical (unpaired) electrons. The van der Waals surface area contributed by atoms with Crippen molar-refractivity contribution >= 4 is 16.9 Å². The summed E-state index contributed by atoms with van der Waals surface area (Å²) >= 11 is 0. The number of hydrogen-bond donors (Lipinski definition) is 0. The molecule has 4 aromatic rings. The molecule has 1 aliphatic heterocycles. The predicted molar refractivity (Wildman–Crippen MR) is 123 cm³/mol. The first-order valence-corrected chi connectivity index (χ1v) is 11.3. The molecule has 0 spiro atoms. The smallest absolute Gasteiger partial charge is 0.223 e. The van der Waals surface area contributed by atoms with E-state index in [0.29, 0.717) is 6.42 Å². The van der Waals surface area contributed by atoms with Crippen molar-refractivity contribution < 1.29 is 4.79 Å². The van der Waals surface area contributed by atoms with Gasteiger partial charge in [0.05, 0.1) is 22.8 Å². The Kier molecular flexibility index (Phi) is 5.47. The summed E-state index contributed by atoms with van der Waals surface area (Å²) in [6.07, 6.45) is 6.99. The van der Waals surface area contributed by atoms with E-state index in [4.69, 9.17) is 4.98 Å². The number of imidazole rings is 2. The van der Waals surface area contributed by atoms with Gasteiger partial charge in [-0.25, -0.2) is 15.0 Å². The number of carbonyl (C=O) groups excluding carboxylic acids is 1. The van der Waals surface area contributed by atoms with Crippen LogP contribution in [0, 0.1) is 13.8 Å². The average Bonchev–Trinajstić information content (AvgIpc) is 3.53. The minimum atomic E-state index is 0.0436. The zero-order valence-electron chi connectivity index (χ0n) is 18.6. The number of rotatable bonds is 6. The standard InChI is InChI=1S/C25H28N6O/c1-18-26-14-17-30(18)24-12-5-9-21(28-24)23-11-6-16-31(23)25(32)13-7-15-29-19(2)27-20-8-3-4-10-22(20)29/h3-5,8-10,12,14,17,23H,6-7,11,13,15-16H2,1-2H3. The van der Waals surface area contributed by atoms with Crippen molar-refractivity contribution in [2.24, 2.45) is 0 Å². The zero-order valence-corrected chi connectivity index (χ0v) is 18.6. The van der Waals surface area contributed by atoms with Gasteiger partial charge < -0.3 is 9.47 Å². The number of pyridine rings is 1. The number of benzene rings is 1. The molecule has 1 atom stereocenters. The van der Waals surface area contributed by atoms with Crippen molar-refractivity contribution in [3.63, 3.8) is 0 Å². The quantitative estimate of drug-likeness (QED) is 0.457. The summed E-state index contributed by atoms with van der Waals surface area (Å²) in [6, 6.07) is 14.2. The van der Waals surface area contributed by atoms with Crippen LogP contribution >= 0.6 is 0 Å². The van der Waals surface area contributed by atoms with E-state index in [9.17, 15) is 4.79 Å². The second kappa shape index (κ2) is 8.57. The molecule has 7 nitrogen and oxygen atoms in total. The lowest BCUT2D eigenvalue weighted by Gasteiger charge is -2.25. The van der Waals surface area contributed by atoms with Crippen molar-refractivity contribution in [1.29, 1.82) is 0 Å². The van der Waals surface area contributed by atoms with Gasteiger partial charge in [0, 0.05) is 31.9 Å². The van der Waals surface area contributed by atoms with Crippen LogP contribution in [0.3, 0.4) is 0 Å². The van der Waals surface area contributed by atoms with E-state index < -0.39 is 0 Å². The molecule has 0 N–H and O–H groups in total. The molecule has 1 saturated heterocycles. The molecule has 164 valence electrons. The molecule has 4 heterocycles. The molecule has 3 aromatic heterocycles. The summed E-state index contributed by atoms with van der Waals surface area (Å²) in [5.74, 6) is 2.95. The van der Waals surface area contributed by atoms with Crippen LogP contribution in [0.4, 0.5) is 0 Å². The minimum absolute atomic E-state index is 0.0436. The van der Waals surface area contributed by atoms with Crippen LogP contribution in [0.15, 0.2) is 54.9 Å². The molecule has 0 aliphatic carbocycles. The maximum atomic E-state index is 13.1. The second-order valence-corrected chi connectivity index (χ2v) is 8.41. The van der Waals surface area contributed by atoms with Crippen molar-refractivity contribution in [2.75, 3.05) is 6.54 Å². The molecule has 0 bridgehead atoms. The molecule has 5 rings (SSSR count). The summed E-state index contributed by atoms with van der Waals surface area (Å²) in [4.78, 5) is 28.9. The van der Waals surface area contributed by atoms with Crippen LogP contribution < -0.4 is 0 Å². The Morgan fingerprint density at radius 2 is 1.94 bits per heavy atom. The van der Waals surface area contributed by atoms with E-state index in [-0.39, 0.29) is 11.9 Å². The molecule has 7 heteroatoms. The van der Waals surface area contributed by atoms with Gasteiger partial charge >= 0.3 is 0 Å². The largest absolute Gasteiger partial charge is 0.334 e. The summed E-state index contributed by atoms with van der Waals surface area (Å²) < 4.78 is 4.19. The van der Waals surface area contributed by atoms with Crippen LogP contribution in [0.1, 0.15) is 49.1 Å². The van der Waals surface area contributed by atoms with Crippen molar-refractivity contribution in [3.05, 3.63) is 72.2 Å². The maximum Gasteiger partial charge on any atom is 0.223 e. The monoisotopic (exact) mass is 428 g/mol. The van der Waals surface area contributed by atoms with Gasteiger partial charge in [-0.3, -0.25) is 9.36 Å². The SMILES string of the molecule is Cc1nccn1-c1cccc(C2CCCN2C(=O)CCCn2c(C)nc3ccccc32)n1. The van der Waals surface area contributed by atoms with Crippen LogP contribution in [0.2, 0.25) is 0 Å². The summed E-state index contributed by atoms with van der Waals surface area (Å²) in [5.41, 5.74) is 3.10. The van der Waals surface area contributed by atoms with Gasteiger partial charge in [0.25, 0.3) is 0 Å². The highest BCUT2D eigenvalue weighted by Crippen LogP contribution is 2.32. The summed E-state index contributed by atoms with van der Waals surface area (Å²) in [7, 11) is 0. The van der Waals surface area contributed by atoms with Gasteiger partial charge in [0.15, 0.2) is 0 Å². The van der Waals surface area contributed by atoms with Gasteiger partial charge in [-0.05, 0) is 57.4 Å². The molecule has 1 unspecified atom stereocenters. The third-order valence-electron chi connectivity index (χ3n) is 6.36. The molecule has 0 saturated carbocycles. The van der Waals surface area contributed by atoms with Gasteiger partial charge in [-0.15, -0.1) is 0 Å². The number of para-hydroxylation sites is 2. The normalized spacial score (nSPS) is 16.2. The van der Waals surface area contributed by atoms with E-state index in [1.54, 1.807) is 6.20 Å². The minimum Gasteiger partial charge on any atom is -0.334 e. The molecular weight excluding hydrogens is 400 g/mol. The Labute approximate surface area is 187 Å². The number of fused-ring (bicyclic) bond motifs is 1. The number of carbonyl (C=O) groups is 1. The molecule has 1 fully saturated rings. The van der Waals surface area contributed by atoms with E-state index in [2.05, 4.69) is 20.6 Å². The molecular formula is C25H28N6O. The van der Waals surface area contributed by atoms with Crippen LogP contribution in [-0.4, -0.2) is 41.4 Å². The Bertz CT molecular complexity index is 1260. The number of amides is 1. The third-order valence-corrected chi connectivity index (χ3v) is 6.36. The first-order valence-electron chi connectivity index (χ1n) is 11.3. The maximum absolute atomic E-state index is 13.1. The first kappa shape index (κ1) is 20.4. The van der Waals surface area contributed by atoms with E-state index in [1.165, 1.54) is 0 Å². The molecule has 1 amide bonds. The Balaban J connectivity index is 1.27. The molecule has 1 aromatic carbocycles. The third kappa shape index (κ3) is 3.79. The fraction of sp³-hybridized carbons (Fsp3) is 0.360. The number of aromatic nitrogens is 5. The highest BCUT2D eigenvalue weighted by atomic mass is 16.2. The summed E-state index contributed by atoms with van der Waals surface area (Å²) in [6.45, 7) is 5.58. The fourth-order valence-electron chi connectivity index (χ4n) is 4.76. The predicted octanol–water partition coefficient (Wildman–Crippen LogP) is 4.38.